The summed E-state index contributed by atoms with van der Waals surface area (Å²) in [7, 11) is 1.57. The number of ketones is 3. The molecule has 0 N–H and O–H groups in total. The highest BCUT2D eigenvalue weighted by Gasteiger charge is 2.23. The molecule has 10 nitrogen and oxygen atoms in total. The average Bonchev–Trinajstić information content (AvgIpc) is 3.96. The summed E-state index contributed by atoms with van der Waals surface area (Å²) >= 11 is 0. The van der Waals surface area contributed by atoms with Crippen LogP contribution in [-0.2, 0) is 0 Å². The quantitative estimate of drug-likeness (QED) is 0.126. The van der Waals surface area contributed by atoms with Crippen molar-refractivity contribution in [3.05, 3.63) is 160 Å². The van der Waals surface area contributed by atoms with Crippen LogP contribution in [0.15, 0.2) is 104 Å². The second-order valence-electron chi connectivity index (χ2n) is 15.6. The van der Waals surface area contributed by atoms with Gasteiger partial charge in [-0.25, -0.2) is 19.0 Å². The van der Waals surface area contributed by atoms with E-state index in [0.29, 0.717) is 33.7 Å². The second-order valence-corrected chi connectivity index (χ2v) is 15.6. The van der Waals surface area contributed by atoms with Crippen LogP contribution in [0.5, 0.6) is 5.75 Å². The highest BCUT2D eigenvalue weighted by Crippen LogP contribution is 2.23. The van der Waals surface area contributed by atoms with Crippen molar-refractivity contribution < 1.29 is 19.1 Å². The summed E-state index contributed by atoms with van der Waals surface area (Å²) in [4.78, 5) is 43.4. The second kappa shape index (κ2) is 33.8. The molecule has 0 amide bonds. The largest absolute Gasteiger partial charge is 0.495 e. The summed E-state index contributed by atoms with van der Waals surface area (Å²) in [5, 5.41) is 8.46. The zero-order chi connectivity index (χ0) is 51.4. The number of fused-ring (bicyclic) bond motifs is 2. The molecule has 372 valence electrons. The minimum Gasteiger partial charge on any atom is -0.495 e. The summed E-state index contributed by atoms with van der Waals surface area (Å²) < 4.78 is 8.65. The maximum absolute atomic E-state index is 12.5. The molecule has 0 aliphatic rings. The van der Waals surface area contributed by atoms with Gasteiger partial charge in [-0.1, -0.05) is 146 Å². The van der Waals surface area contributed by atoms with Gasteiger partial charge < -0.3 is 4.74 Å². The lowest BCUT2D eigenvalue weighted by Crippen LogP contribution is -2.20. The molecule has 0 bridgehead atoms. The number of hydrogen-bond donors (Lipinski definition) is 0. The van der Waals surface area contributed by atoms with Gasteiger partial charge in [0.2, 0.25) is 0 Å². The van der Waals surface area contributed by atoms with E-state index in [0.717, 1.165) is 39.2 Å². The molecule has 0 atom stereocenters. The molecule has 0 saturated heterocycles. The van der Waals surface area contributed by atoms with Crippen LogP contribution in [0.2, 0.25) is 0 Å². The van der Waals surface area contributed by atoms with Crippen LogP contribution in [0.1, 0.15) is 188 Å². The first kappa shape index (κ1) is 64.5. The third-order valence-corrected chi connectivity index (χ3v) is 8.79. The van der Waals surface area contributed by atoms with Crippen LogP contribution in [0.25, 0.3) is 11.3 Å². The molecule has 0 fully saturated rings. The Kier molecular flexibility index (Phi) is 31.1. The molecule has 7 aromatic rings. The van der Waals surface area contributed by atoms with E-state index in [1.807, 2.05) is 111 Å². The van der Waals surface area contributed by atoms with Crippen molar-refractivity contribution in [1.82, 2.24) is 29.2 Å². The standard InChI is InChI=1S/C20H19N3O.C17H13N3O2.C11H10O.2C3H8.2C2H6.2CH4/c1-14-7-8-16(19(24)20(2,3)4)12-15(14)9-10-17-13-21-18-6-5-11-22-23(17)18;1-12(21)13-6-8-16(22-2)14(10-13)5-7-15-11-18-17-4-3-9-19-20(15)17;1-4-10-7-11(9(3)12)6-5-8(10)2;2*1-3-2;2*1-2;;/h5-8,11-13H,1-4H3;3-4,6,8-11H,1-2H3;1,5-7H,2-3H3;2*3H2,1-2H3;2*1-2H3;2*1H4. The third-order valence-electron chi connectivity index (χ3n) is 8.79. The number of carbonyl (C=O) groups is 3. The van der Waals surface area contributed by atoms with Crippen LogP contribution in [0.4, 0.5) is 0 Å². The number of carbonyl (C=O) groups excluding carboxylic acids is 3. The minimum atomic E-state index is -0.411. The molecule has 4 aromatic heterocycles. The summed E-state index contributed by atoms with van der Waals surface area (Å²) in [6, 6.07) is 23.7. The molecular weight excluding hydrogens is 869 g/mol. The molecule has 7 rings (SSSR count). The van der Waals surface area contributed by atoms with Crippen molar-refractivity contribution >= 4 is 28.6 Å². The van der Waals surface area contributed by atoms with Crippen molar-refractivity contribution in [3.63, 3.8) is 0 Å². The zero-order valence-electron chi connectivity index (χ0n) is 43.1. The molecule has 3 aromatic carbocycles. The van der Waals surface area contributed by atoms with Gasteiger partial charge in [0, 0.05) is 45.6 Å². The number of nitrogens with zero attached hydrogens (tertiary/aromatic N) is 6. The first-order valence-corrected chi connectivity index (χ1v) is 23.1. The molecule has 0 aliphatic heterocycles. The molecule has 70 heavy (non-hydrogen) atoms. The van der Waals surface area contributed by atoms with Crippen LogP contribution < -0.4 is 4.74 Å². The molecule has 10 heteroatoms. The molecular formula is C60H78N6O4. The Labute approximate surface area is 420 Å². The molecule has 0 saturated carbocycles. The number of imidazole rings is 2. The highest BCUT2D eigenvalue weighted by molar-refractivity contribution is 6.00. The zero-order valence-corrected chi connectivity index (χ0v) is 43.1. The van der Waals surface area contributed by atoms with Crippen LogP contribution in [-0.4, -0.2) is 53.7 Å². The summed E-state index contributed by atoms with van der Waals surface area (Å²) in [6.45, 7) is 29.2. The fraction of sp³-hybridized carbons (Fsp3) is 0.350. The van der Waals surface area contributed by atoms with Crippen molar-refractivity contribution in [2.24, 2.45) is 5.41 Å². The van der Waals surface area contributed by atoms with E-state index in [2.05, 4.69) is 77.5 Å². The predicted octanol–water partition coefficient (Wildman–Crippen LogP) is 14.3. The van der Waals surface area contributed by atoms with E-state index in [-0.39, 0.29) is 32.2 Å². The minimum absolute atomic E-state index is 0. The van der Waals surface area contributed by atoms with Crippen LogP contribution in [0.3, 0.4) is 0 Å². The number of aromatic nitrogens is 6. The normalized spacial score (nSPS) is 9.24. The maximum atomic E-state index is 12.5. The summed E-state index contributed by atoms with van der Waals surface area (Å²) in [6.07, 6.45) is 14.5. The van der Waals surface area contributed by atoms with Crippen molar-refractivity contribution in [2.45, 2.75) is 132 Å². The highest BCUT2D eigenvalue weighted by atomic mass is 16.5. The third kappa shape index (κ3) is 19.9. The Morgan fingerprint density at radius 1 is 0.600 bits per heavy atom. The Balaban J connectivity index is 0. The van der Waals surface area contributed by atoms with Crippen LogP contribution >= 0.6 is 0 Å². The van der Waals surface area contributed by atoms with Crippen molar-refractivity contribution in [2.75, 3.05) is 7.11 Å². The van der Waals surface area contributed by atoms with E-state index in [1.54, 1.807) is 71.3 Å². The maximum Gasteiger partial charge on any atom is 0.168 e. The Morgan fingerprint density at radius 3 is 1.40 bits per heavy atom. The van der Waals surface area contributed by atoms with Gasteiger partial charge in [-0.3, -0.25) is 14.4 Å². The van der Waals surface area contributed by atoms with E-state index < -0.39 is 5.41 Å². The number of rotatable bonds is 4. The van der Waals surface area contributed by atoms with Gasteiger partial charge in [0.15, 0.2) is 28.6 Å². The first-order valence-electron chi connectivity index (χ1n) is 23.1. The lowest BCUT2D eigenvalue weighted by Gasteiger charge is -2.17. The average molecular weight is 947 g/mol. The Bertz CT molecular complexity index is 2880. The number of hydrogen-bond acceptors (Lipinski definition) is 8. The van der Waals surface area contributed by atoms with Gasteiger partial charge in [-0.15, -0.1) is 6.42 Å². The molecule has 0 aliphatic carbocycles. The number of terminal acetylenes is 1. The monoisotopic (exact) mass is 947 g/mol. The van der Waals surface area contributed by atoms with Gasteiger partial charge in [-0.2, -0.15) is 10.2 Å². The van der Waals surface area contributed by atoms with Gasteiger partial charge >= 0.3 is 0 Å². The number of benzene rings is 3. The summed E-state index contributed by atoms with van der Waals surface area (Å²) in [5.41, 5.74) is 8.79. The van der Waals surface area contributed by atoms with Gasteiger partial charge in [0.1, 0.15) is 17.1 Å². The number of methoxy groups -OCH3 is 1. The van der Waals surface area contributed by atoms with Gasteiger partial charge in [0.05, 0.1) is 25.1 Å². The number of ether oxygens (including phenoxy) is 1. The number of aryl methyl sites for hydroxylation is 2. The topological polar surface area (TPSA) is 121 Å². The van der Waals surface area contributed by atoms with Crippen molar-refractivity contribution in [1.29, 1.82) is 0 Å². The van der Waals surface area contributed by atoms with Crippen LogP contribution in [0, 0.1) is 55.3 Å². The smallest absolute Gasteiger partial charge is 0.168 e. The fourth-order valence-corrected chi connectivity index (χ4v) is 5.44. The lowest BCUT2D eigenvalue weighted by atomic mass is 9.85. The van der Waals surface area contributed by atoms with E-state index in [1.165, 1.54) is 26.7 Å². The molecule has 0 radical (unpaired) electrons. The number of Topliss-reactive ketones (excluding diaryl/α,β-unsaturated/α-hetero) is 3. The van der Waals surface area contributed by atoms with Gasteiger partial charge in [-0.05, 0) is 105 Å². The molecule has 0 spiro atoms. The van der Waals surface area contributed by atoms with E-state index in [4.69, 9.17) is 11.2 Å². The first-order chi connectivity index (χ1) is 32.5. The fourth-order valence-electron chi connectivity index (χ4n) is 5.44. The van der Waals surface area contributed by atoms with E-state index >= 15 is 0 Å². The molecule has 0 unspecified atom stereocenters. The Hall–Kier alpha value is -7.61. The molecule has 4 heterocycles. The predicted molar refractivity (Wildman–Crippen MR) is 293 cm³/mol. The van der Waals surface area contributed by atoms with Crippen molar-refractivity contribution in [3.8, 4) is 41.8 Å². The Morgan fingerprint density at radius 2 is 0.986 bits per heavy atom. The SMILES string of the molecule is C.C.C#Cc1cc(C(C)=O)ccc1C.CC.CC.CCC.CCC.COc1ccc(C(C)=O)cc1C#Cc1cnc2cccnn12.Cc1ccc(C(=O)C(C)(C)C)cc1C#Cc1cnc2cccnn12. The summed E-state index contributed by atoms with van der Waals surface area (Å²) in [5.74, 6) is 15.6. The lowest BCUT2D eigenvalue weighted by molar-refractivity contribution is 0.0857. The van der Waals surface area contributed by atoms with E-state index in [9.17, 15) is 14.4 Å². The van der Waals surface area contributed by atoms with Gasteiger partial charge in [0.25, 0.3) is 0 Å².